The normalized spacial score (nSPS) is 16.4. The Labute approximate surface area is 177 Å². The minimum Gasteiger partial charge on any atom is -0.454 e. The highest BCUT2D eigenvalue weighted by molar-refractivity contribution is 5.73. The van der Waals surface area contributed by atoms with Gasteiger partial charge in [0, 0.05) is 45.8 Å². The molecule has 2 N–H and O–H groups in total. The predicted octanol–water partition coefficient (Wildman–Crippen LogP) is 2.55. The van der Waals surface area contributed by atoms with Crippen molar-refractivity contribution in [1.29, 1.82) is 0 Å². The van der Waals surface area contributed by atoms with E-state index in [4.69, 9.17) is 9.47 Å². The Morgan fingerprint density at radius 1 is 0.900 bits per heavy atom. The number of hydrogen-bond acceptors (Lipinski definition) is 5. The van der Waals surface area contributed by atoms with Crippen LogP contribution in [0.25, 0.3) is 0 Å². The van der Waals surface area contributed by atoms with E-state index in [1.165, 1.54) is 5.56 Å². The minimum absolute atomic E-state index is 0.181. The number of carbonyl (C=O) groups is 1. The molecule has 1 fully saturated rings. The maximum Gasteiger partial charge on any atom is 0.315 e. The van der Waals surface area contributed by atoms with Gasteiger partial charge in [-0.2, -0.15) is 0 Å². The molecule has 0 spiro atoms. The highest BCUT2D eigenvalue weighted by atomic mass is 16.7. The largest absolute Gasteiger partial charge is 0.454 e. The Morgan fingerprint density at radius 2 is 1.60 bits per heavy atom. The lowest BCUT2D eigenvalue weighted by Crippen LogP contribution is -2.45. The van der Waals surface area contributed by atoms with Crippen LogP contribution in [0.5, 0.6) is 11.5 Å². The van der Waals surface area contributed by atoms with E-state index in [-0.39, 0.29) is 12.8 Å². The zero-order chi connectivity index (χ0) is 20.8. The third kappa shape index (κ3) is 5.23. The topological polar surface area (TPSA) is 66.1 Å². The minimum atomic E-state index is -0.181. The van der Waals surface area contributed by atoms with Gasteiger partial charge in [-0.05, 0) is 35.4 Å². The maximum absolute atomic E-state index is 12.3. The molecule has 2 aliphatic heterocycles. The standard InChI is InChI=1S/C23H30N4O3/c1-2-26-9-11-27(12-10-26)16-20-6-4-3-5-19(20)15-25-23(28)24-14-18-7-8-21-22(13-18)30-17-29-21/h3-8,13H,2,9-12,14-17H2,1H3,(H2,24,25,28). The highest BCUT2D eigenvalue weighted by Crippen LogP contribution is 2.32. The van der Waals surface area contributed by atoms with Gasteiger partial charge in [0.25, 0.3) is 0 Å². The number of amides is 2. The number of nitrogens with zero attached hydrogens (tertiary/aromatic N) is 2. The smallest absolute Gasteiger partial charge is 0.315 e. The first-order valence-electron chi connectivity index (χ1n) is 10.6. The first-order chi connectivity index (χ1) is 14.7. The molecule has 0 radical (unpaired) electrons. The van der Waals surface area contributed by atoms with Crippen molar-refractivity contribution in [3.8, 4) is 11.5 Å². The van der Waals surface area contributed by atoms with Crippen molar-refractivity contribution in [2.45, 2.75) is 26.6 Å². The Bertz CT molecular complexity index is 865. The molecule has 2 amide bonds. The summed E-state index contributed by atoms with van der Waals surface area (Å²) in [5.41, 5.74) is 3.41. The molecule has 2 aliphatic rings. The molecule has 160 valence electrons. The summed E-state index contributed by atoms with van der Waals surface area (Å²) in [7, 11) is 0. The van der Waals surface area contributed by atoms with E-state index in [1.54, 1.807) is 0 Å². The average molecular weight is 411 g/mol. The zero-order valence-electron chi connectivity index (χ0n) is 17.5. The van der Waals surface area contributed by atoms with Crippen LogP contribution in [0, 0.1) is 0 Å². The molecule has 0 saturated carbocycles. The predicted molar refractivity (Wildman–Crippen MR) is 115 cm³/mol. The van der Waals surface area contributed by atoms with Crippen LogP contribution in [0.3, 0.4) is 0 Å². The van der Waals surface area contributed by atoms with Gasteiger partial charge in [-0.25, -0.2) is 4.79 Å². The molecule has 2 aromatic carbocycles. The molecule has 0 bridgehead atoms. The fraction of sp³-hybridized carbons (Fsp3) is 0.435. The molecule has 0 atom stereocenters. The van der Waals surface area contributed by atoms with E-state index >= 15 is 0 Å². The lowest BCUT2D eigenvalue weighted by Gasteiger charge is -2.34. The number of nitrogens with one attached hydrogen (secondary N) is 2. The number of urea groups is 1. The third-order valence-corrected chi connectivity index (χ3v) is 5.75. The molecular weight excluding hydrogens is 380 g/mol. The monoisotopic (exact) mass is 410 g/mol. The molecule has 7 nitrogen and oxygen atoms in total. The van der Waals surface area contributed by atoms with Crippen LogP contribution in [-0.4, -0.2) is 55.3 Å². The summed E-state index contributed by atoms with van der Waals surface area (Å²) in [6.07, 6.45) is 0. The summed E-state index contributed by atoms with van der Waals surface area (Å²) in [5, 5.41) is 5.89. The van der Waals surface area contributed by atoms with Crippen LogP contribution >= 0.6 is 0 Å². The summed E-state index contributed by atoms with van der Waals surface area (Å²) in [6.45, 7) is 9.89. The molecule has 0 aromatic heterocycles. The number of fused-ring (bicyclic) bond motifs is 1. The summed E-state index contributed by atoms with van der Waals surface area (Å²) >= 11 is 0. The quantitative estimate of drug-likeness (QED) is 0.734. The second kappa shape index (κ2) is 9.82. The van der Waals surface area contributed by atoms with Gasteiger partial charge in [-0.1, -0.05) is 37.3 Å². The van der Waals surface area contributed by atoms with Crippen molar-refractivity contribution in [2.24, 2.45) is 0 Å². The number of carbonyl (C=O) groups excluding carboxylic acids is 1. The first-order valence-corrected chi connectivity index (χ1v) is 10.6. The molecule has 1 saturated heterocycles. The Kier molecular flexibility index (Phi) is 6.71. The van der Waals surface area contributed by atoms with Gasteiger partial charge in [0.15, 0.2) is 11.5 Å². The van der Waals surface area contributed by atoms with Gasteiger partial charge in [0.1, 0.15) is 0 Å². The number of ether oxygens (including phenoxy) is 2. The number of rotatable bonds is 7. The molecular formula is C23H30N4O3. The fourth-order valence-corrected chi connectivity index (χ4v) is 3.86. The van der Waals surface area contributed by atoms with E-state index in [9.17, 15) is 4.79 Å². The van der Waals surface area contributed by atoms with Crippen LogP contribution in [0.1, 0.15) is 23.6 Å². The van der Waals surface area contributed by atoms with Gasteiger partial charge in [-0.3, -0.25) is 4.90 Å². The number of benzene rings is 2. The van der Waals surface area contributed by atoms with Crippen LogP contribution in [-0.2, 0) is 19.6 Å². The molecule has 2 heterocycles. The van der Waals surface area contributed by atoms with Gasteiger partial charge >= 0.3 is 6.03 Å². The number of hydrogen-bond donors (Lipinski definition) is 2. The van der Waals surface area contributed by atoms with Gasteiger partial charge in [-0.15, -0.1) is 0 Å². The maximum atomic E-state index is 12.3. The number of piperazine rings is 1. The number of likely N-dealkylation sites (N-methyl/N-ethyl adjacent to an activating group) is 1. The SMILES string of the molecule is CCN1CCN(Cc2ccccc2CNC(=O)NCc2ccc3c(c2)OCO3)CC1. The second-order valence-electron chi connectivity index (χ2n) is 7.70. The van der Waals surface area contributed by atoms with E-state index in [0.717, 1.165) is 61.9 Å². The third-order valence-electron chi connectivity index (χ3n) is 5.75. The summed E-state index contributed by atoms with van der Waals surface area (Å²) in [4.78, 5) is 17.3. The summed E-state index contributed by atoms with van der Waals surface area (Å²) in [6, 6.07) is 13.9. The average Bonchev–Trinajstić information content (AvgIpc) is 3.25. The molecule has 4 rings (SSSR count). The fourth-order valence-electron chi connectivity index (χ4n) is 3.86. The Hall–Kier alpha value is -2.77. The van der Waals surface area contributed by atoms with Crippen molar-refractivity contribution in [2.75, 3.05) is 39.5 Å². The highest BCUT2D eigenvalue weighted by Gasteiger charge is 2.17. The molecule has 0 unspecified atom stereocenters. The van der Waals surface area contributed by atoms with Gasteiger partial charge < -0.3 is 25.0 Å². The summed E-state index contributed by atoms with van der Waals surface area (Å²) < 4.78 is 10.7. The molecule has 7 heteroatoms. The summed E-state index contributed by atoms with van der Waals surface area (Å²) in [5.74, 6) is 1.47. The van der Waals surface area contributed by atoms with Crippen LogP contribution in [0.15, 0.2) is 42.5 Å². The Balaban J connectivity index is 1.26. The van der Waals surface area contributed by atoms with Crippen LogP contribution < -0.4 is 20.1 Å². The molecule has 30 heavy (non-hydrogen) atoms. The van der Waals surface area contributed by atoms with E-state index < -0.39 is 0 Å². The van der Waals surface area contributed by atoms with Crippen molar-refractivity contribution < 1.29 is 14.3 Å². The second-order valence-corrected chi connectivity index (χ2v) is 7.70. The van der Waals surface area contributed by atoms with Crippen LogP contribution in [0.4, 0.5) is 4.79 Å². The lowest BCUT2D eigenvalue weighted by atomic mass is 10.1. The van der Waals surface area contributed by atoms with Gasteiger partial charge in [0.05, 0.1) is 0 Å². The first kappa shape index (κ1) is 20.5. The van der Waals surface area contributed by atoms with E-state index in [1.807, 2.05) is 24.3 Å². The Morgan fingerprint density at radius 3 is 2.40 bits per heavy atom. The molecule has 0 aliphatic carbocycles. The van der Waals surface area contributed by atoms with Gasteiger partial charge in [0.2, 0.25) is 6.79 Å². The van der Waals surface area contributed by atoms with Crippen molar-refractivity contribution >= 4 is 6.03 Å². The lowest BCUT2D eigenvalue weighted by molar-refractivity contribution is 0.131. The zero-order valence-corrected chi connectivity index (χ0v) is 17.5. The van der Waals surface area contributed by atoms with Crippen molar-refractivity contribution in [3.05, 3.63) is 59.2 Å². The van der Waals surface area contributed by atoms with E-state index in [0.29, 0.717) is 13.1 Å². The molecule has 2 aromatic rings. The van der Waals surface area contributed by atoms with E-state index in [2.05, 4.69) is 45.6 Å². The van der Waals surface area contributed by atoms with Crippen LogP contribution in [0.2, 0.25) is 0 Å². The van der Waals surface area contributed by atoms with Crippen molar-refractivity contribution in [3.63, 3.8) is 0 Å². The van der Waals surface area contributed by atoms with Crippen molar-refractivity contribution in [1.82, 2.24) is 20.4 Å².